The maximum atomic E-state index is 11.9. The van der Waals surface area contributed by atoms with Crippen LogP contribution in [-0.4, -0.2) is 14.6 Å². The molecule has 5 heteroatoms. The topological polar surface area (TPSA) is 76.2 Å². The van der Waals surface area contributed by atoms with Gasteiger partial charge in [0.05, 0.1) is 5.56 Å². The van der Waals surface area contributed by atoms with E-state index in [2.05, 4.69) is 30.9 Å². The molecule has 3 N–H and O–H groups in total. The van der Waals surface area contributed by atoms with E-state index in [1.165, 1.54) is 4.52 Å². The summed E-state index contributed by atoms with van der Waals surface area (Å²) in [5, 5.41) is 2.92. The molecule has 2 aromatic rings. The highest BCUT2D eigenvalue weighted by Crippen LogP contribution is 2.24. The first-order chi connectivity index (χ1) is 7.45. The highest BCUT2D eigenvalue weighted by molar-refractivity contribution is 5.49. The van der Waals surface area contributed by atoms with Gasteiger partial charge in [0, 0.05) is 24.5 Å². The van der Waals surface area contributed by atoms with Crippen LogP contribution in [-0.2, 0) is 12.0 Å². The van der Waals surface area contributed by atoms with Crippen LogP contribution in [0.1, 0.15) is 31.9 Å². The number of fused-ring (bicyclic) bond motifs is 1. The Kier molecular flexibility index (Phi) is 2.35. The average Bonchev–Trinajstić information content (AvgIpc) is 2.62. The van der Waals surface area contributed by atoms with Gasteiger partial charge in [-0.3, -0.25) is 9.89 Å². The second kappa shape index (κ2) is 3.45. The van der Waals surface area contributed by atoms with Crippen LogP contribution in [0.15, 0.2) is 17.2 Å². The van der Waals surface area contributed by atoms with Crippen LogP contribution in [0.25, 0.3) is 5.65 Å². The summed E-state index contributed by atoms with van der Waals surface area (Å²) in [7, 11) is 0. The summed E-state index contributed by atoms with van der Waals surface area (Å²) in [6, 6.07) is 0. The minimum Gasteiger partial charge on any atom is -0.326 e. The fraction of sp³-hybridized carbons (Fsp3) is 0.455. The van der Waals surface area contributed by atoms with Crippen LogP contribution in [0.2, 0.25) is 0 Å². The van der Waals surface area contributed by atoms with Crippen molar-refractivity contribution in [1.82, 2.24) is 14.6 Å². The lowest BCUT2D eigenvalue weighted by molar-refractivity contribution is 0.594. The van der Waals surface area contributed by atoms with Crippen molar-refractivity contribution in [1.29, 1.82) is 0 Å². The van der Waals surface area contributed by atoms with Gasteiger partial charge in [-0.15, -0.1) is 0 Å². The fourth-order valence-electron chi connectivity index (χ4n) is 1.69. The Hall–Kier alpha value is -1.62. The second-order valence-electron chi connectivity index (χ2n) is 4.89. The van der Waals surface area contributed by atoms with Crippen LogP contribution in [0.5, 0.6) is 0 Å². The van der Waals surface area contributed by atoms with Gasteiger partial charge in [-0.25, -0.2) is 9.50 Å². The van der Waals surface area contributed by atoms with Crippen molar-refractivity contribution >= 4 is 5.65 Å². The smallest absolute Gasteiger partial charge is 0.277 e. The van der Waals surface area contributed by atoms with Gasteiger partial charge < -0.3 is 5.73 Å². The zero-order chi connectivity index (χ0) is 11.9. The third-order valence-electron chi connectivity index (χ3n) is 2.64. The van der Waals surface area contributed by atoms with Crippen molar-refractivity contribution in [2.45, 2.75) is 32.7 Å². The molecule has 0 atom stereocenters. The van der Waals surface area contributed by atoms with E-state index in [-0.39, 0.29) is 17.5 Å². The summed E-state index contributed by atoms with van der Waals surface area (Å²) in [6.45, 7) is 6.45. The van der Waals surface area contributed by atoms with Crippen molar-refractivity contribution in [3.8, 4) is 0 Å². The van der Waals surface area contributed by atoms with E-state index in [4.69, 9.17) is 5.73 Å². The van der Waals surface area contributed by atoms with Crippen LogP contribution in [0.3, 0.4) is 0 Å². The first-order valence-electron chi connectivity index (χ1n) is 5.23. The van der Waals surface area contributed by atoms with Gasteiger partial charge in [0.25, 0.3) is 5.56 Å². The van der Waals surface area contributed by atoms with E-state index in [9.17, 15) is 4.79 Å². The molecule has 0 amide bonds. The van der Waals surface area contributed by atoms with Crippen LogP contribution in [0, 0.1) is 0 Å². The molecule has 2 aromatic heterocycles. The Morgan fingerprint density at radius 2 is 2.19 bits per heavy atom. The van der Waals surface area contributed by atoms with E-state index in [1.807, 2.05) is 6.20 Å². The molecule has 5 nitrogen and oxygen atoms in total. The van der Waals surface area contributed by atoms with Crippen molar-refractivity contribution in [2.75, 3.05) is 0 Å². The summed E-state index contributed by atoms with van der Waals surface area (Å²) in [6.07, 6.45) is 3.38. The number of aromatic amines is 1. The molecular weight excluding hydrogens is 204 g/mol. The quantitative estimate of drug-likeness (QED) is 0.745. The molecule has 0 spiro atoms. The zero-order valence-electron chi connectivity index (χ0n) is 9.74. The molecule has 0 bridgehead atoms. The Labute approximate surface area is 93.3 Å². The highest BCUT2D eigenvalue weighted by atomic mass is 16.1. The number of rotatable bonds is 1. The van der Waals surface area contributed by atoms with Gasteiger partial charge in [-0.1, -0.05) is 20.8 Å². The molecule has 0 fully saturated rings. The summed E-state index contributed by atoms with van der Waals surface area (Å²) in [4.78, 5) is 16.2. The number of nitrogens with zero attached hydrogens (tertiary/aromatic N) is 2. The number of nitrogens with two attached hydrogens (primary N) is 1. The van der Waals surface area contributed by atoms with E-state index in [1.54, 1.807) is 6.20 Å². The Bertz CT molecular complexity index is 574. The number of aromatic nitrogens is 3. The van der Waals surface area contributed by atoms with Crippen molar-refractivity contribution < 1.29 is 0 Å². The molecule has 0 saturated carbocycles. The molecule has 0 aromatic carbocycles. The minimum atomic E-state index is -0.122. The molecule has 16 heavy (non-hydrogen) atoms. The highest BCUT2D eigenvalue weighted by Gasteiger charge is 2.20. The molecule has 0 aliphatic rings. The molecule has 0 radical (unpaired) electrons. The van der Waals surface area contributed by atoms with Crippen molar-refractivity contribution in [2.24, 2.45) is 5.73 Å². The fourth-order valence-corrected chi connectivity index (χ4v) is 1.69. The van der Waals surface area contributed by atoms with E-state index in [0.29, 0.717) is 11.2 Å². The van der Waals surface area contributed by atoms with E-state index >= 15 is 0 Å². The van der Waals surface area contributed by atoms with Crippen molar-refractivity contribution in [3.05, 3.63) is 33.9 Å². The molecule has 86 valence electrons. The summed E-state index contributed by atoms with van der Waals surface area (Å²) >= 11 is 0. The predicted octanol–water partition coefficient (Wildman–Crippen LogP) is 0.779. The number of hydrogen-bond acceptors (Lipinski definition) is 3. The largest absolute Gasteiger partial charge is 0.326 e. The average molecular weight is 220 g/mol. The van der Waals surface area contributed by atoms with Gasteiger partial charge in [-0.05, 0) is 5.41 Å². The first kappa shape index (κ1) is 10.9. The van der Waals surface area contributed by atoms with Gasteiger partial charge in [0.1, 0.15) is 0 Å². The third-order valence-corrected chi connectivity index (χ3v) is 2.64. The van der Waals surface area contributed by atoms with Gasteiger partial charge in [-0.2, -0.15) is 0 Å². The molecule has 0 aliphatic carbocycles. The van der Waals surface area contributed by atoms with E-state index < -0.39 is 0 Å². The van der Waals surface area contributed by atoms with Gasteiger partial charge in [0.15, 0.2) is 5.65 Å². The lowest BCUT2D eigenvalue weighted by Gasteiger charge is -2.15. The first-order valence-corrected chi connectivity index (χ1v) is 5.23. The summed E-state index contributed by atoms with van der Waals surface area (Å²) < 4.78 is 1.45. The summed E-state index contributed by atoms with van der Waals surface area (Å²) in [5.41, 5.74) is 7.51. The summed E-state index contributed by atoms with van der Waals surface area (Å²) in [5.74, 6) is 0. The normalized spacial score (nSPS) is 12.2. The van der Waals surface area contributed by atoms with Crippen molar-refractivity contribution in [3.63, 3.8) is 0 Å². The van der Waals surface area contributed by atoms with Crippen LogP contribution >= 0.6 is 0 Å². The SMILES string of the molecule is CC(C)(C)c1c[nH]n2c(=O)c(CN)cnc12. The Morgan fingerprint density at radius 3 is 2.75 bits per heavy atom. The maximum Gasteiger partial charge on any atom is 0.277 e. The number of hydrogen-bond donors (Lipinski definition) is 2. The maximum absolute atomic E-state index is 11.9. The number of H-pyrrole nitrogens is 1. The van der Waals surface area contributed by atoms with Crippen LogP contribution < -0.4 is 11.3 Å². The molecule has 0 saturated heterocycles. The third kappa shape index (κ3) is 1.53. The Morgan fingerprint density at radius 1 is 1.50 bits per heavy atom. The van der Waals surface area contributed by atoms with Gasteiger partial charge >= 0.3 is 0 Å². The molecule has 0 unspecified atom stereocenters. The predicted molar refractivity (Wildman–Crippen MR) is 62.4 cm³/mol. The molecule has 2 rings (SSSR count). The van der Waals surface area contributed by atoms with E-state index in [0.717, 1.165) is 5.56 Å². The number of nitrogens with one attached hydrogen (secondary N) is 1. The molecule has 2 heterocycles. The second-order valence-corrected chi connectivity index (χ2v) is 4.89. The zero-order valence-corrected chi connectivity index (χ0v) is 9.74. The minimum absolute atomic E-state index is 0.0467. The Balaban J connectivity index is 2.78. The lowest BCUT2D eigenvalue weighted by atomic mass is 9.89. The monoisotopic (exact) mass is 220 g/mol. The standard InChI is InChI=1S/C11H16N4O/c1-11(2,3)8-6-14-15-9(8)13-5-7(4-12)10(15)16/h5-6,14H,4,12H2,1-3H3. The molecular formula is C11H16N4O. The van der Waals surface area contributed by atoms with Crippen LogP contribution in [0.4, 0.5) is 0 Å². The lowest BCUT2D eigenvalue weighted by Crippen LogP contribution is -2.22. The molecule has 0 aliphatic heterocycles. The van der Waals surface area contributed by atoms with Gasteiger partial charge in [0.2, 0.25) is 0 Å².